The van der Waals surface area contributed by atoms with Crippen molar-refractivity contribution in [2.24, 2.45) is 0 Å². The Morgan fingerprint density at radius 1 is 1.08 bits per heavy atom. The molecule has 2 rings (SSSR count). The normalized spacial score (nSPS) is 11.5. The molecule has 1 N–H and O–H groups in total. The molecule has 0 amide bonds. The Morgan fingerprint density at radius 3 is 2.42 bits per heavy atom. The standard InChI is InChI=1S/C20H23NO3/c1-21(2)13-8-14-24-19-12-7-6-11-17(19)15-18(20(22)23)16-9-4-3-5-10-16/h3-7,9-12,15H,8,13-14H2,1-2H3,(H,22,23)/b18-15-. The molecule has 0 heterocycles. The SMILES string of the molecule is CN(C)CCCOc1ccccc1/C=C(\C(=O)O)c1ccccc1. The fourth-order valence-electron chi connectivity index (χ4n) is 2.34. The van der Waals surface area contributed by atoms with Gasteiger partial charge in [0.05, 0.1) is 12.2 Å². The molecule has 0 aliphatic carbocycles. The number of carboxylic acids is 1. The van der Waals surface area contributed by atoms with Crippen LogP contribution in [-0.4, -0.2) is 43.2 Å². The zero-order valence-corrected chi connectivity index (χ0v) is 14.1. The third-order valence-corrected chi connectivity index (χ3v) is 3.54. The number of hydrogen-bond acceptors (Lipinski definition) is 3. The van der Waals surface area contributed by atoms with E-state index in [1.807, 2.05) is 56.6 Å². The number of aliphatic carboxylic acids is 1. The maximum Gasteiger partial charge on any atom is 0.336 e. The molecular formula is C20H23NO3. The molecule has 2 aromatic carbocycles. The van der Waals surface area contributed by atoms with E-state index in [0.29, 0.717) is 17.9 Å². The van der Waals surface area contributed by atoms with Gasteiger partial charge in [-0.25, -0.2) is 4.79 Å². The lowest BCUT2D eigenvalue weighted by atomic mass is 10.0. The third kappa shape index (κ3) is 5.25. The molecule has 4 heteroatoms. The number of nitrogens with zero attached hydrogens (tertiary/aromatic N) is 1. The van der Waals surface area contributed by atoms with Gasteiger partial charge in [0.2, 0.25) is 0 Å². The van der Waals surface area contributed by atoms with E-state index in [9.17, 15) is 9.90 Å². The van der Waals surface area contributed by atoms with Crippen molar-refractivity contribution in [1.82, 2.24) is 4.90 Å². The molecular weight excluding hydrogens is 302 g/mol. The van der Waals surface area contributed by atoms with Gasteiger partial charge in [0.25, 0.3) is 0 Å². The molecule has 0 spiro atoms. The van der Waals surface area contributed by atoms with Gasteiger partial charge in [0.15, 0.2) is 0 Å². The minimum Gasteiger partial charge on any atom is -0.493 e. The van der Waals surface area contributed by atoms with Crippen molar-refractivity contribution in [2.75, 3.05) is 27.2 Å². The van der Waals surface area contributed by atoms with Crippen molar-refractivity contribution < 1.29 is 14.6 Å². The van der Waals surface area contributed by atoms with E-state index in [-0.39, 0.29) is 5.57 Å². The summed E-state index contributed by atoms with van der Waals surface area (Å²) in [5, 5.41) is 9.54. The summed E-state index contributed by atoms with van der Waals surface area (Å²) in [5.74, 6) is -0.255. The fraction of sp³-hybridized carbons (Fsp3) is 0.250. The Morgan fingerprint density at radius 2 is 1.75 bits per heavy atom. The molecule has 0 saturated heterocycles. The van der Waals surface area contributed by atoms with Gasteiger partial charge >= 0.3 is 5.97 Å². The maximum atomic E-state index is 11.6. The van der Waals surface area contributed by atoms with Gasteiger partial charge in [-0.3, -0.25) is 0 Å². The lowest BCUT2D eigenvalue weighted by Gasteiger charge is -2.12. The summed E-state index contributed by atoms with van der Waals surface area (Å²) in [7, 11) is 4.05. The number of rotatable bonds is 8. The molecule has 0 atom stereocenters. The highest BCUT2D eigenvalue weighted by molar-refractivity contribution is 6.20. The van der Waals surface area contributed by atoms with Crippen LogP contribution in [0.25, 0.3) is 11.6 Å². The summed E-state index contributed by atoms with van der Waals surface area (Å²) in [5.41, 5.74) is 1.69. The first-order chi connectivity index (χ1) is 11.6. The first-order valence-corrected chi connectivity index (χ1v) is 7.95. The van der Waals surface area contributed by atoms with Crippen LogP contribution in [0, 0.1) is 0 Å². The first kappa shape index (κ1) is 17.8. The fourth-order valence-corrected chi connectivity index (χ4v) is 2.34. The quantitative estimate of drug-likeness (QED) is 0.457. The predicted molar refractivity (Wildman–Crippen MR) is 97.1 cm³/mol. The average Bonchev–Trinajstić information content (AvgIpc) is 2.58. The lowest BCUT2D eigenvalue weighted by Crippen LogP contribution is -2.15. The molecule has 0 radical (unpaired) electrons. The summed E-state index contributed by atoms with van der Waals surface area (Å²) in [6, 6.07) is 16.6. The summed E-state index contributed by atoms with van der Waals surface area (Å²) >= 11 is 0. The Bertz CT molecular complexity index is 693. The van der Waals surface area contributed by atoms with E-state index in [0.717, 1.165) is 18.5 Å². The second kappa shape index (κ2) is 8.89. The van der Waals surface area contributed by atoms with Gasteiger partial charge in [-0.1, -0.05) is 48.5 Å². The second-order valence-electron chi connectivity index (χ2n) is 5.77. The van der Waals surface area contributed by atoms with Gasteiger partial charge in [-0.05, 0) is 38.2 Å². The maximum absolute atomic E-state index is 11.6. The Hall–Kier alpha value is -2.59. The van der Waals surface area contributed by atoms with E-state index in [1.165, 1.54) is 0 Å². The van der Waals surface area contributed by atoms with Crippen molar-refractivity contribution in [3.05, 3.63) is 65.7 Å². The molecule has 0 unspecified atom stereocenters. The Balaban J connectivity index is 2.22. The summed E-state index contributed by atoms with van der Waals surface area (Å²) < 4.78 is 5.84. The third-order valence-electron chi connectivity index (χ3n) is 3.54. The van der Waals surface area contributed by atoms with Crippen LogP contribution >= 0.6 is 0 Å². The minimum atomic E-state index is -0.955. The number of hydrogen-bond donors (Lipinski definition) is 1. The number of benzene rings is 2. The Kier molecular flexibility index (Phi) is 6.58. The summed E-state index contributed by atoms with van der Waals surface area (Å²) in [6.07, 6.45) is 2.58. The molecule has 0 aliphatic heterocycles. The smallest absolute Gasteiger partial charge is 0.336 e. The van der Waals surface area contributed by atoms with Crippen LogP contribution in [0.4, 0.5) is 0 Å². The number of ether oxygens (including phenoxy) is 1. The zero-order valence-electron chi connectivity index (χ0n) is 14.1. The van der Waals surface area contributed by atoms with Gasteiger partial charge < -0.3 is 14.7 Å². The van der Waals surface area contributed by atoms with Crippen LogP contribution < -0.4 is 4.74 Å². The van der Waals surface area contributed by atoms with E-state index in [2.05, 4.69) is 4.90 Å². The summed E-state index contributed by atoms with van der Waals surface area (Å²) in [6.45, 7) is 1.54. The highest BCUT2D eigenvalue weighted by atomic mass is 16.5. The highest BCUT2D eigenvalue weighted by Gasteiger charge is 2.11. The van der Waals surface area contributed by atoms with Crippen LogP contribution in [-0.2, 0) is 4.79 Å². The first-order valence-electron chi connectivity index (χ1n) is 7.95. The van der Waals surface area contributed by atoms with Crippen LogP contribution in [0.15, 0.2) is 54.6 Å². The molecule has 0 bridgehead atoms. The molecule has 2 aromatic rings. The van der Waals surface area contributed by atoms with Crippen molar-refractivity contribution in [3.63, 3.8) is 0 Å². The molecule has 0 aliphatic rings. The van der Waals surface area contributed by atoms with Crippen LogP contribution in [0.5, 0.6) is 5.75 Å². The van der Waals surface area contributed by atoms with Crippen LogP contribution in [0.3, 0.4) is 0 Å². The molecule has 0 aromatic heterocycles. The van der Waals surface area contributed by atoms with Gasteiger partial charge in [-0.15, -0.1) is 0 Å². The topological polar surface area (TPSA) is 49.8 Å². The molecule has 0 fully saturated rings. The van der Waals surface area contributed by atoms with E-state index < -0.39 is 5.97 Å². The van der Waals surface area contributed by atoms with Crippen molar-refractivity contribution in [1.29, 1.82) is 0 Å². The number of carboxylic acid groups (broad SMARTS) is 1. The second-order valence-corrected chi connectivity index (χ2v) is 5.77. The average molecular weight is 325 g/mol. The van der Waals surface area contributed by atoms with Crippen molar-refractivity contribution in [2.45, 2.75) is 6.42 Å². The van der Waals surface area contributed by atoms with Gasteiger partial charge in [-0.2, -0.15) is 0 Å². The monoisotopic (exact) mass is 325 g/mol. The largest absolute Gasteiger partial charge is 0.493 e. The zero-order chi connectivity index (χ0) is 17.4. The highest BCUT2D eigenvalue weighted by Crippen LogP contribution is 2.25. The van der Waals surface area contributed by atoms with Crippen molar-refractivity contribution in [3.8, 4) is 5.75 Å². The number of carbonyl (C=O) groups is 1. The van der Waals surface area contributed by atoms with E-state index >= 15 is 0 Å². The molecule has 4 nitrogen and oxygen atoms in total. The van der Waals surface area contributed by atoms with Gasteiger partial charge in [0, 0.05) is 12.1 Å². The minimum absolute atomic E-state index is 0.250. The molecule has 126 valence electrons. The van der Waals surface area contributed by atoms with Crippen LogP contribution in [0.1, 0.15) is 17.5 Å². The predicted octanol–water partition coefficient (Wildman–Crippen LogP) is 3.64. The van der Waals surface area contributed by atoms with E-state index in [4.69, 9.17) is 4.74 Å². The number of para-hydroxylation sites is 1. The lowest BCUT2D eigenvalue weighted by molar-refractivity contribution is -0.130. The van der Waals surface area contributed by atoms with Crippen molar-refractivity contribution >= 4 is 17.6 Å². The van der Waals surface area contributed by atoms with E-state index in [1.54, 1.807) is 18.2 Å². The Labute approximate surface area is 143 Å². The van der Waals surface area contributed by atoms with Gasteiger partial charge in [0.1, 0.15) is 5.75 Å². The van der Waals surface area contributed by atoms with Crippen LogP contribution in [0.2, 0.25) is 0 Å². The molecule has 0 saturated carbocycles. The molecule has 24 heavy (non-hydrogen) atoms. The summed E-state index contributed by atoms with van der Waals surface area (Å²) in [4.78, 5) is 13.7.